The number of aromatic nitrogens is 2. The summed E-state index contributed by atoms with van der Waals surface area (Å²) in [4.78, 5) is 21.7. The maximum absolute atomic E-state index is 13.6. The van der Waals surface area contributed by atoms with Crippen LogP contribution in [0.2, 0.25) is 0 Å². The molecule has 0 saturated carbocycles. The van der Waals surface area contributed by atoms with Gasteiger partial charge in [-0.1, -0.05) is 24.8 Å². The topological polar surface area (TPSA) is 58.1 Å². The van der Waals surface area contributed by atoms with Gasteiger partial charge in [0.05, 0.1) is 16.8 Å². The zero-order chi connectivity index (χ0) is 14.8. The molecule has 1 aliphatic rings. The van der Waals surface area contributed by atoms with E-state index in [1.54, 1.807) is 29.2 Å². The Bertz CT molecular complexity index is 710. The second-order valence-electron chi connectivity index (χ2n) is 4.88. The molecule has 1 aromatic carbocycles. The van der Waals surface area contributed by atoms with E-state index in [0.29, 0.717) is 24.0 Å². The van der Waals surface area contributed by atoms with E-state index in [0.717, 1.165) is 13.1 Å². The lowest BCUT2D eigenvalue weighted by Gasteiger charge is -2.28. The van der Waals surface area contributed by atoms with E-state index in [2.05, 4.69) is 21.9 Å². The molecule has 1 fully saturated rings. The fourth-order valence-corrected chi connectivity index (χ4v) is 2.44. The van der Waals surface area contributed by atoms with Crippen LogP contribution in [-0.4, -0.2) is 47.0 Å². The molecule has 1 saturated heterocycles. The van der Waals surface area contributed by atoms with Gasteiger partial charge in [-0.2, -0.15) is 4.39 Å². The fraction of sp³-hybridized carbons (Fsp3) is 0.267. The van der Waals surface area contributed by atoms with Gasteiger partial charge in [0.2, 0.25) is 0 Å². The van der Waals surface area contributed by atoms with Gasteiger partial charge < -0.3 is 10.2 Å². The molecule has 6 heteroatoms. The Labute approximate surface area is 121 Å². The minimum Gasteiger partial charge on any atom is -0.336 e. The number of benzene rings is 1. The quantitative estimate of drug-likeness (QED) is 0.666. The minimum atomic E-state index is -0.849. The summed E-state index contributed by atoms with van der Waals surface area (Å²) >= 11 is 0. The van der Waals surface area contributed by atoms with Crippen molar-refractivity contribution >= 4 is 22.4 Å². The van der Waals surface area contributed by atoms with Crippen LogP contribution in [0.1, 0.15) is 5.69 Å². The fourth-order valence-electron chi connectivity index (χ4n) is 2.44. The van der Waals surface area contributed by atoms with Crippen molar-refractivity contribution in [2.75, 3.05) is 26.2 Å². The maximum Gasteiger partial charge on any atom is 0.309 e. The molecule has 0 unspecified atom stereocenters. The Balaban J connectivity index is 1.99. The SMILES string of the molecule is C=C(C(=O)N1CCNCC1)c1nc(F)nc2ccccc12. The summed E-state index contributed by atoms with van der Waals surface area (Å²) in [5, 5.41) is 3.81. The number of hydrogen-bond donors (Lipinski definition) is 1. The second kappa shape index (κ2) is 5.57. The van der Waals surface area contributed by atoms with Crippen molar-refractivity contribution in [3.63, 3.8) is 0 Å². The summed E-state index contributed by atoms with van der Waals surface area (Å²) in [5.74, 6) is -0.209. The summed E-state index contributed by atoms with van der Waals surface area (Å²) in [6, 6.07) is 7.02. The number of piperazine rings is 1. The highest BCUT2D eigenvalue weighted by atomic mass is 19.1. The minimum absolute atomic E-state index is 0.203. The van der Waals surface area contributed by atoms with Gasteiger partial charge in [0.1, 0.15) is 0 Å². The van der Waals surface area contributed by atoms with E-state index in [1.807, 2.05) is 0 Å². The van der Waals surface area contributed by atoms with E-state index in [4.69, 9.17) is 0 Å². The third kappa shape index (κ3) is 2.62. The smallest absolute Gasteiger partial charge is 0.309 e. The number of nitrogens with zero attached hydrogens (tertiary/aromatic N) is 3. The van der Waals surface area contributed by atoms with Gasteiger partial charge in [-0.15, -0.1) is 0 Å². The summed E-state index contributed by atoms with van der Waals surface area (Å²) in [7, 11) is 0. The monoisotopic (exact) mass is 286 g/mol. The zero-order valence-electron chi connectivity index (χ0n) is 11.5. The molecule has 3 rings (SSSR count). The van der Waals surface area contributed by atoms with E-state index in [-0.39, 0.29) is 17.2 Å². The molecule has 0 aliphatic carbocycles. The van der Waals surface area contributed by atoms with Crippen LogP contribution in [0.25, 0.3) is 16.5 Å². The number of carbonyl (C=O) groups is 1. The number of fused-ring (bicyclic) bond motifs is 1. The largest absolute Gasteiger partial charge is 0.336 e. The molecule has 21 heavy (non-hydrogen) atoms. The predicted molar refractivity (Wildman–Crippen MR) is 78.0 cm³/mol. The first-order valence-corrected chi connectivity index (χ1v) is 6.78. The molecule has 0 atom stereocenters. The first kappa shape index (κ1) is 13.6. The molecule has 1 aliphatic heterocycles. The number of nitrogens with one attached hydrogen (secondary N) is 1. The van der Waals surface area contributed by atoms with Crippen molar-refractivity contribution in [3.05, 3.63) is 42.6 Å². The number of hydrogen-bond acceptors (Lipinski definition) is 4. The standard InChI is InChI=1S/C15H15FN4O/c1-10(14(21)20-8-6-17-7-9-20)13-11-4-2-3-5-12(11)18-15(16)19-13/h2-5,17H,1,6-9H2. The second-order valence-corrected chi connectivity index (χ2v) is 4.88. The molecule has 1 N–H and O–H groups in total. The van der Waals surface area contributed by atoms with Crippen molar-refractivity contribution < 1.29 is 9.18 Å². The van der Waals surface area contributed by atoms with E-state index in [9.17, 15) is 9.18 Å². The van der Waals surface area contributed by atoms with Gasteiger partial charge >= 0.3 is 6.08 Å². The predicted octanol–water partition coefficient (Wildman–Crippen LogP) is 1.21. The summed E-state index contributed by atoms with van der Waals surface area (Å²) in [5.41, 5.74) is 0.935. The van der Waals surface area contributed by atoms with Crippen LogP contribution in [0.5, 0.6) is 0 Å². The molecule has 108 valence electrons. The van der Waals surface area contributed by atoms with Gasteiger partial charge in [0.15, 0.2) is 0 Å². The highest BCUT2D eigenvalue weighted by Gasteiger charge is 2.22. The van der Waals surface area contributed by atoms with Gasteiger partial charge in [0, 0.05) is 31.6 Å². The van der Waals surface area contributed by atoms with E-state index < -0.39 is 6.08 Å². The highest BCUT2D eigenvalue weighted by molar-refractivity contribution is 6.21. The van der Waals surface area contributed by atoms with Gasteiger partial charge in [-0.25, -0.2) is 9.97 Å². The van der Waals surface area contributed by atoms with Gasteiger partial charge in [-0.05, 0) is 6.07 Å². The first-order chi connectivity index (χ1) is 10.2. The van der Waals surface area contributed by atoms with Crippen molar-refractivity contribution in [2.45, 2.75) is 0 Å². The highest BCUT2D eigenvalue weighted by Crippen LogP contribution is 2.22. The molecular weight excluding hydrogens is 271 g/mol. The molecule has 0 spiro atoms. The van der Waals surface area contributed by atoms with Crippen LogP contribution < -0.4 is 5.32 Å². The Morgan fingerprint density at radius 1 is 1.24 bits per heavy atom. The Morgan fingerprint density at radius 3 is 2.71 bits per heavy atom. The molecule has 0 radical (unpaired) electrons. The first-order valence-electron chi connectivity index (χ1n) is 6.78. The average molecular weight is 286 g/mol. The lowest BCUT2D eigenvalue weighted by Crippen LogP contribution is -2.46. The van der Waals surface area contributed by atoms with Crippen molar-refractivity contribution in [2.24, 2.45) is 0 Å². The lowest BCUT2D eigenvalue weighted by molar-refractivity contribution is -0.125. The number of para-hydroxylation sites is 1. The van der Waals surface area contributed by atoms with Crippen LogP contribution in [0.3, 0.4) is 0 Å². The van der Waals surface area contributed by atoms with Crippen molar-refractivity contribution in [1.82, 2.24) is 20.2 Å². The number of carbonyl (C=O) groups excluding carboxylic acids is 1. The van der Waals surface area contributed by atoms with Crippen molar-refractivity contribution in [1.29, 1.82) is 0 Å². The normalized spacial score (nSPS) is 15.2. The third-order valence-electron chi connectivity index (χ3n) is 3.52. The summed E-state index contributed by atoms with van der Waals surface area (Å²) in [6.07, 6.45) is -0.849. The number of halogens is 1. The van der Waals surface area contributed by atoms with Gasteiger partial charge in [-0.3, -0.25) is 4.79 Å². The van der Waals surface area contributed by atoms with Crippen LogP contribution in [0, 0.1) is 6.08 Å². The Morgan fingerprint density at radius 2 is 1.95 bits per heavy atom. The third-order valence-corrected chi connectivity index (χ3v) is 3.52. The van der Waals surface area contributed by atoms with E-state index in [1.165, 1.54) is 0 Å². The van der Waals surface area contributed by atoms with Crippen LogP contribution in [0.15, 0.2) is 30.8 Å². The van der Waals surface area contributed by atoms with Crippen molar-refractivity contribution in [3.8, 4) is 0 Å². The Kier molecular flexibility index (Phi) is 3.62. The number of amides is 1. The lowest BCUT2D eigenvalue weighted by atomic mass is 10.1. The molecule has 1 amide bonds. The molecule has 2 aromatic rings. The summed E-state index contributed by atoms with van der Waals surface area (Å²) < 4.78 is 13.6. The molecule has 5 nitrogen and oxygen atoms in total. The molecule has 0 bridgehead atoms. The van der Waals surface area contributed by atoms with Crippen LogP contribution >= 0.6 is 0 Å². The molecule has 2 heterocycles. The Hall–Kier alpha value is -2.34. The van der Waals surface area contributed by atoms with Crippen LogP contribution in [-0.2, 0) is 4.79 Å². The maximum atomic E-state index is 13.6. The number of rotatable bonds is 2. The van der Waals surface area contributed by atoms with Crippen LogP contribution in [0.4, 0.5) is 4.39 Å². The average Bonchev–Trinajstić information content (AvgIpc) is 2.53. The van der Waals surface area contributed by atoms with E-state index >= 15 is 0 Å². The van der Waals surface area contributed by atoms with Gasteiger partial charge in [0.25, 0.3) is 5.91 Å². The molecular formula is C15H15FN4O. The molecule has 1 aromatic heterocycles. The summed E-state index contributed by atoms with van der Waals surface area (Å²) in [6.45, 7) is 6.55. The zero-order valence-corrected chi connectivity index (χ0v) is 11.5.